The lowest BCUT2D eigenvalue weighted by Gasteiger charge is -2.21. The van der Waals surface area contributed by atoms with E-state index in [0.717, 1.165) is 88.1 Å². The molecule has 2 unspecified atom stereocenters. The lowest BCUT2D eigenvalue weighted by Crippen LogP contribution is -2.12. The molecule has 0 aliphatic carbocycles. The maximum atomic E-state index is 11.6. The fraction of sp³-hybridized carbons (Fsp3) is 0.0980. The molecular weight excluding hydrogens is 765 g/mol. The summed E-state index contributed by atoms with van der Waals surface area (Å²) in [5.41, 5.74) is 12.2. The standard InChI is InChI=1S/C51H40N4O6/c56-46(57)28-60-44-21-7-3-15-36(44)48(38-24-52-42-19-5-1-13-32(38)42)40-26-54-50-30(11-9-17-34(40)50)23-31-12-10-18-35-41(27-55-51(31)35)49(39-25-53-43-20-6-2-14-33(39)43)37-16-4-8-22-45(37)61-29-47(58)59/h1-22,24-27,48-49,52-55H,23,28-29H2,(H,56,57)(H,58,59). The zero-order valence-electron chi connectivity index (χ0n) is 32.8. The van der Waals surface area contributed by atoms with E-state index in [4.69, 9.17) is 9.47 Å². The number of carbonyl (C=O) groups is 2. The average molecular weight is 805 g/mol. The van der Waals surface area contributed by atoms with Gasteiger partial charge in [-0.1, -0.05) is 109 Å². The minimum atomic E-state index is -1.04. The molecule has 6 N–H and O–H groups in total. The van der Waals surface area contributed by atoms with Crippen molar-refractivity contribution in [2.45, 2.75) is 18.3 Å². The summed E-state index contributed by atoms with van der Waals surface area (Å²) < 4.78 is 11.8. The van der Waals surface area contributed by atoms with Gasteiger partial charge < -0.3 is 39.6 Å². The summed E-state index contributed by atoms with van der Waals surface area (Å²) in [4.78, 5) is 37.4. The molecule has 0 aliphatic rings. The molecule has 4 heterocycles. The summed E-state index contributed by atoms with van der Waals surface area (Å²) in [6, 6.07) is 44.5. The second kappa shape index (κ2) is 15.6. The van der Waals surface area contributed by atoms with Gasteiger partial charge in [-0.25, -0.2) is 9.59 Å². The lowest BCUT2D eigenvalue weighted by atomic mass is 9.83. The normalized spacial score (nSPS) is 12.6. The fourth-order valence-corrected chi connectivity index (χ4v) is 9.11. The van der Waals surface area contributed by atoms with Gasteiger partial charge in [0.05, 0.1) is 0 Å². The number of carboxylic acids is 2. The molecule has 0 fully saturated rings. The van der Waals surface area contributed by atoms with Crippen molar-refractivity contribution in [3.63, 3.8) is 0 Å². The highest BCUT2D eigenvalue weighted by Gasteiger charge is 2.29. The van der Waals surface area contributed by atoms with E-state index >= 15 is 0 Å². The lowest BCUT2D eigenvalue weighted by molar-refractivity contribution is -0.140. The predicted molar refractivity (Wildman–Crippen MR) is 237 cm³/mol. The second-order valence-corrected chi connectivity index (χ2v) is 15.2. The van der Waals surface area contributed by atoms with Gasteiger partial charge in [-0.05, 0) is 57.6 Å². The molecule has 0 amide bonds. The highest BCUT2D eigenvalue weighted by Crippen LogP contribution is 2.45. The van der Waals surface area contributed by atoms with Gasteiger partial charge in [-0.15, -0.1) is 0 Å². The van der Waals surface area contributed by atoms with Crippen LogP contribution >= 0.6 is 0 Å². The predicted octanol–water partition coefficient (Wildman–Crippen LogP) is 10.5. The summed E-state index contributed by atoms with van der Waals surface area (Å²) in [6.07, 6.45) is 8.83. The molecule has 0 aliphatic heterocycles. The molecule has 0 saturated heterocycles. The van der Waals surface area contributed by atoms with Crippen LogP contribution in [0.15, 0.2) is 158 Å². The summed E-state index contributed by atoms with van der Waals surface area (Å²) in [6.45, 7) is -0.898. The van der Waals surface area contributed by atoms with Gasteiger partial charge >= 0.3 is 11.9 Å². The smallest absolute Gasteiger partial charge is 0.341 e. The number of nitrogens with one attached hydrogen (secondary N) is 4. The second-order valence-electron chi connectivity index (χ2n) is 15.2. The Hall–Kier alpha value is -7.98. The monoisotopic (exact) mass is 804 g/mol. The molecular formula is C51H40N4O6. The van der Waals surface area contributed by atoms with E-state index in [-0.39, 0.29) is 11.8 Å². The van der Waals surface area contributed by atoms with E-state index in [2.05, 4.69) is 93.0 Å². The molecule has 0 radical (unpaired) electrons. The first-order valence-corrected chi connectivity index (χ1v) is 20.1. The fourth-order valence-electron chi connectivity index (χ4n) is 9.11. The van der Waals surface area contributed by atoms with Crippen molar-refractivity contribution in [1.82, 2.24) is 19.9 Å². The maximum absolute atomic E-state index is 11.6. The van der Waals surface area contributed by atoms with Gasteiger partial charge in [0.1, 0.15) is 11.5 Å². The van der Waals surface area contributed by atoms with E-state index in [0.29, 0.717) is 17.9 Å². The number of H-pyrrole nitrogens is 4. The van der Waals surface area contributed by atoms with Crippen molar-refractivity contribution in [3.8, 4) is 11.5 Å². The number of aliphatic carboxylic acids is 2. The van der Waals surface area contributed by atoms with Gasteiger partial charge in [-0.3, -0.25) is 0 Å². The van der Waals surface area contributed by atoms with Crippen molar-refractivity contribution in [2.75, 3.05) is 13.2 Å². The van der Waals surface area contributed by atoms with Crippen LogP contribution < -0.4 is 9.47 Å². The number of rotatable bonds is 14. The Balaban J connectivity index is 1.08. The number of benzene rings is 6. The van der Waals surface area contributed by atoms with Crippen LogP contribution in [0.4, 0.5) is 0 Å². The van der Waals surface area contributed by atoms with Crippen LogP contribution in [0.2, 0.25) is 0 Å². The van der Waals surface area contributed by atoms with Crippen molar-refractivity contribution in [3.05, 3.63) is 203 Å². The number of ether oxygens (including phenoxy) is 2. The third-order valence-corrected chi connectivity index (χ3v) is 11.7. The molecule has 300 valence electrons. The van der Waals surface area contributed by atoms with Crippen LogP contribution in [0.25, 0.3) is 43.6 Å². The topological polar surface area (TPSA) is 156 Å². The van der Waals surface area contributed by atoms with Gasteiger partial charge in [0.15, 0.2) is 13.2 Å². The number of para-hydroxylation sites is 6. The molecule has 0 bridgehead atoms. The Morgan fingerprint density at radius 1 is 0.426 bits per heavy atom. The van der Waals surface area contributed by atoms with Gasteiger partial charge in [0.2, 0.25) is 0 Å². The van der Waals surface area contributed by atoms with Crippen molar-refractivity contribution < 1.29 is 29.3 Å². The highest BCUT2D eigenvalue weighted by molar-refractivity contribution is 5.93. The van der Waals surface area contributed by atoms with Crippen molar-refractivity contribution in [1.29, 1.82) is 0 Å². The third kappa shape index (κ3) is 6.83. The zero-order valence-corrected chi connectivity index (χ0v) is 32.8. The van der Waals surface area contributed by atoms with Crippen molar-refractivity contribution in [2.24, 2.45) is 0 Å². The number of hydrogen-bond acceptors (Lipinski definition) is 4. The van der Waals surface area contributed by atoms with E-state index in [1.807, 2.05) is 85.2 Å². The van der Waals surface area contributed by atoms with Crippen LogP contribution in [-0.4, -0.2) is 55.3 Å². The van der Waals surface area contributed by atoms with E-state index in [1.165, 1.54) is 0 Å². The Morgan fingerprint density at radius 3 is 1.26 bits per heavy atom. The maximum Gasteiger partial charge on any atom is 0.341 e. The Bertz CT molecular complexity index is 3030. The number of aromatic amines is 4. The van der Waals surface area contributed by atoms with Crippen LogP contribution in [0.1, 0.15) is 56.3 Å². The van der Waals surface area contributed by atoms with Crippen LogP contribution in [0.5, 0.6) is 11.5 Å². The van der Waals surface area contributed by atoms with Crippen molar-refractivity contribution >= 4 is 55.6 Å². The minimum absolute atomic E-state index is 0.289. The third-order valence-electron chi connectivity index (χ3n) is 11.7. The first kappa shape index (κ1) is 37.3. The molecule has 0 saturated carbocycles. The van der Waals surface area contributed by atoms with Gasteiger partial charge in [0.25, 0.3) is 0 Å². The van der Waals surface area contributed by atoms with E-state index in [1.54, 1.807) is 0 Å². The quantitative estimate of drug-likeness (QED) is 0.0643. The molecule has 6 aromatic carbocycles. The molecule has 0 spiro atoms. The largest absolute Gasteiger partial charge is 0.482 e. The van der Waals surface area contributed by atoms with E-state index < -0.39 is 25.2 Å². The Morgan fingerprint density at radius 2 is 0.803 bits per heavy atom. The van der Waals surface area contributed by atoms with Gasteiger partial charge in [0, 0.05) is 97.8 Å². The van der Waals surface area contributed by atoms with Gasteiger partial charge in [-0.2, -0.15) is 0 Å². The number of carboxylic acid groups (broad SMARTS) is 2. The zero-order chi connectivity index (χ0) is 41.5. The van der Waals surface area contributed by atoms with E-state index in [9.17, 15) is 19.8 Å². The Kier molecular flexibility index (Phi) is 9.57. The number of aromatic nitrogens is 4. The summed E-state index contributed by atoms with van der Waals surface area (Å²) in [5.74, 6) is -1.62. The molecule has 10 rings (SSSR count). The first-order chi connectivity index (χ1) is 29.9. The molecule has 4 aromatic heterocycles. The molecule has 10 nitrogen and oxygen atoms in total. The average Bonchev–Trinajstić information content (AvgIpc) is 4.10. The molecule has 10 aromatic rings. The molecule has 61 heavy (non-hydrogen) atoms. The van der Waals surface area contributed by atoms with Crippen LogP contribution in [0.3, 0.4) is 0 Å². The first-order valence-electron chi connectivity index (χ1n) is 20.1. The summed E-state index contributed by atoms with van der Waals surface area (Å²) in [7, 11) is 0. The van der Waals surface area contributed by atoms with Crippen LogP contribution in [0, 0.1) is 0 Å². The molecule has 10 heteroatoms. The number of fused-ring (bicyclic) bond motifs is 4. The van der Waals surface area contributed by atoms with Crippen LogP contribution in [-0.2, 0) is 16.0 Å². The highest BCUT2D eigenvalue weighted by atomic mass is 16.5. The Labute approximate surface area is 349 Å². The SMILES string of the molecule is O=C(O)COc1ccccc1C(c1c[nH]c2ccccc12)c1c[nH]c2c(Cc3cccc4c(C(c5ccccc5OCC(=O)O)c5c[nH]c6ccccc56)c[nH]c34)cccc12. The summed E-state index contributed by atoms with van der Waals surface area (Å²) in [5, 5.41) is 23.3. The molecule has 2 atom stereocenters. The number of hydrogen-bond donors (Lipinski definition) is 6. The summed E-state index contributed by atoms with van der Waals surface area (Å²) >= 11 is 0. The minimum Gasteiger partial charge on any atom is -0.482 e.